The minimum atomic E-state index is -1.84. The van der Waals surface area contributed by atoms with Crippen molar-refractivity contribution < 1.29 is 47.7 Å². The van der Waals surface area contributed by atoms with Crippen molar-refractivity contribution in [1.29, 1.82) is 0 Å². The molecule has 2 aliphatic rings. The monoisotopic (exact) mass is 428 g/mol. The van der Waals surface area contributed by atoms with E-state index in [0.29, 0.717) is 0 Å². The van der Waals surface area contributed by atoms with Crippen LogP contribution in [0.5, 0.6) is 0 Å². The van der Waals surface area contributed by atoms with Gasteiger partial charge in [-0.3, -0.25) is 28.8 Å². The van der Waals surface area contributed by atoms with E-state index in [1.165, 1.54) is 12.0 Å². The molecule has 2 amide bonds. The van der Waals surface area contributed by atoms with Crippen molar-refractivity contribution in [3.8, 4) is 0 Å². The van der Waals surface area contributed by atoms with Crippen LogP contribution in [0.15, 0.2) is 0 Å². The normalized spacial score (nSPS) is 18.3. The van der Waals surface area contributed by atoms with Crippen LogP contribution >= 0.6 is 0 Å². The summed E-state index contributed by atoms with van der Waals surface area (Å²) in [6.07, 6.45) is -0.0112. The number of carbonyl (C=O) groups excluding carboxylic acids is 6. The molecule has 0 atom stereocenters. The quantitative estimate of drug-likeness (QED) is 0.292. The van der Waals surface area contributed by atoms with E-state index in [2.05, 4.69) is 14.8 Å². The molecule has 2 aliphatic heterocycles. The van der Waals surface area contributed by atoms with Crippen LogP contribution in [0.4, 0.5) is 0 Å². The fourth-order valence-corrected chi connectivity index (χ4v) is 3.06. The Bertz CT molecular complexity index is 706. The number of carbonyl (C=O) groups is 6. The lowest BCUT2D eigenvalue weighted by atomic mass is 9.99. The van der Waals surface area contributed by atoms with Crippen molar-refractivity contribution in [2.45, 2.75) is 38.4 Å². The van der Waals surface area contributed by atoms with Gasteiger partial charge < -0.3 is 29.2 Å². The van der Waals surface area contributed by atoms with Crippen LogP contribution in [0.3, 0.4) is 0 Å². The average molecular weight is 428 g/mol. The maximum Gasteiger partial charge on any atom is 0.333 e. The van der Waals surface area contributed by atoms with Crippen LogP contribution in [0.1, 0.15) is 32.6 Å². The lowest BCUT2D eigenvalue weighted by Crippen LogP contribution is -2.58. The molecule has 12 heteroatoms. The first-order chi connectivity index (χ1) is 14.2. The molecule has 0 radical (unpaired) electrons. The zero-order chi connectivity index (χ0) is 22.3. The first-order valence-corrected chi connectivity index (χ1v) is 9.45. The van der Waals surface area contributed by atoms with Crippen molar-refractivity contribution in [2.24, 2.45) is 5.92 Å². The Kier molecular flexibility index (Phi) is 7.72. The lowest BCUT2D eigenvalue weighted by molar-refractivity contribution is -0.261. The van der Waals surface area contributed by atoms with Crippen LogP contribution in [0.2, 0.25) is 0 Å². The van der Waals surface area contributed by atoms with Gasteiger partial charge in [-0.1, -0.05) is 0 Å². The van der Waals surface area contributed by atoms with Gasteiger partial charge in [-0.05, 0) is 6.92 Å². The summed E-state index contributed by atoms with van der Waals surface area (Å²) in [4.78, 5) is 72.7. The van der Waals surface area contributed by atoms with Gasteiger partial charge in [0.15, 0.2) is 0 Å². The molecule has 0 aromatic heterocycles. The van der Waals surface area contributed by atoms with Gasteiger partial charge >= 0.3 is 23.9 Å². The molecule has 1 spiro atoms. The number of rotatable bonds is 7. The molecule has 0 unspecified atom stereocenters. The van der Waals surface area contributed by atoms with Crippen LogP contribution < -0.4 is 5.32 Å². The molecule has 0 bridgehead atoms. The van der Waals surface area contributed by atoms with Gasteiger partial charge in [0.05, 0.1) is 20.1 Å². The zero-order valence-electron chi connectivity index (χ0n) is 16.8. The Morgan fingerprint density at radius 1 is 1.07 bits per heavy atom. The highest BCUT2D eigenvalue weighted by Gasteiger charge is 2.53. The number of nitrogens with one attached hydrogen (secondary N) is 1. The molecule has 166 valence electrons. The highest BCUT2D eigenvalue weighted by molar-refractivity contribution is 6.15. The van der Waals surface area contributed by atoms with Crippen molar-refractivity contribution in [2.75, 3.05) is 33.4 Å². The highest BCUT2D eigenvalue weighted by Crippen LogP contribution is 2.34. The molecule has 30 heavy (non-hydrogen) atoms. The Balaban J connectivity index is 1.88. The number of esters is 4. The third-order valence-electron chi connectivity index (χ3n) is 4.67. The van der Waals surface area contributed by atoms with E-state index in [4.69, 9.17) is 9.47 Å². The van der Waals surface area contributed by atoms with E-state index in [-0.39, 0.29) is 51.3 Å². The van der Waals surface area contributed by atoms with Crippen molar-refractivity contribution in [1.82, 2.24) is 10.2 Å². The van der Waals surface area contributed by atoms with E-state index in [1.54, 1.807) is 6.92 Å². The number of likely N-dealkylation sites (tertiary alicyclic amines) is 1. The van der Waals surface area contributed by atoms with Gasteiger partial charge in [0.1, 0.15) is 6.54 Å². The lowest BCUT2D eigenvalue weighted by Gasteiger charge is -2.43. The summed E-state index contributed by atoms with van der Waals surface area (Å²) in [5.74, 6) is -8.09. The smallest absolute Gasteiger partial charge is 0.333 e. The maximum atomic E-state index is 12.3. The second kappa shape index (κ2) is 10.0. The third kappa shape index (κ3) is 5.67. The Hall–Kier alpha value is -3.18. The fraction of sp³-hybridized carbons (Fsp3) is 0.667. The summed E-state index contributed by atoms with van der Waals surface area (Å²) in [7, 11) is 1.23. The molecule has 0 aromatic rings. The minimum absolute atomic E-state index is 0.0258. The molecule has 12 nitrogen and oxygen atoms in total. The third-order valence-corrected chi connectivity index (χ3v) is 4.67. The molecule has 2 heterocycles. The number of hydrogen-bond donors (Lipinski definition) is 1. The van der Waals surface area contributed by atoms with E-state index >= 15 is 0 Å². The number of methoxy groups -OCH3 is 1. The van der Waals surface area contributed by atoms with Crippen LogP contribution in [-0.4, -0.2) is 79.7 Å². The fourth-order valence-electron chi connectivity index (χ4n) is 3.06. The van der Waals surface area contributed by atoms with E-state index in [1.807, 2.05) is 0 Å². The Morgan fingerprint density at radius 3 is 2.20 bits per heavy atom. The maximum absolute atomic E-state index is 12.3. The van der Waals surface area contributed by atoms with Crippen LogP contribution in [0, 0.1) is 5.92 Å². The van der Waals surface area contributed by atoms with Gasteiger partial charge in [0.2, 0.25) is 17.7 Å². The standard InChI is InChI=1S/C18H24N2O10/c1-3-28-13(23)10-19-15(24)14-16(25)29-18(30-17(14)26)6-8-20(9-7-18)11(21)4-5-12(22)27-2/h14H,3-10H2,1-2H3,(H,19,24). The van der Waals surface area contributed by atoms with Gasteiger partial charge in [-0.25, -0.2) is 0 Å². The van der Waals surface area contributed by atoms with Crippen LogP contribution in [-0.2, 0) is 47.7 Å². The number of piperidine rings is 1. The van der Waals surface area contributed by atoms with Crippen molar-refractivity contribution >= 4 is 35.7 Å². The second-order valence-electron chi connectivity index (χ2n) is 6.67. The predicted molar refractivity (Wildman–Crippen MR) is 95.1 cm³/mol. The minimum Gasteiger partial charge on any atom is -0.469 e. The van der Waals surface area contributed by atoms with E-state index in [9.17, 15) is 28.8 Å². The van der Waals surface area contributed by atoms with Crippen molar-refractivity contribution in [3.63, 3.8) is 0 Å². The van der Waals surface area contributed by atoms with Gasteiger partial charge in [-0.15, -0.1) is 0 Å². The molecular formula is C18H24N2O10. The molecule has 1 N–H and O–H groups in total. The molecule has 0 saturated carbocycles. The van der Waals surface area contributed by atoms with Gasteiger partial charge in [-0.2, -0.15) is 0 Å². The van der Waals surface area contributed by atoms with E-state index in [0.717, 1.165) is 0 Å². The van der Waals surface area contributed by atoms with Crippen molar-refractivity contribution in [3.05, 3.63) is 0 Å². The predicted octanol–water partition coefficient (Wildman–Crippen LogP) is -1.35. The van der Waals surface area contributed by atoms with Gasteiger partial charge in [0.25, 0.3) is 5.79 Å². The number of ether oxygens (including phenoxy) is 4. The number of nitrogens with zero attached hydrogens (tertiary/aromatic N) is 1. The summed E-state index contributed by atoms with van der Waals surface area (Å²) in [6.45, 7) is 1.48. The summed E-state index contributed by atoms with van der Waals surface area (Å²) in [6, 6.07) is 0. The molecule has 2 fully saturated rings. The summed E-state index contributed by atoms with van der Waals surface area (Å²) < 4.78 is 19.6. The summed E-state index contributed by atoms with van der Waals surface area (Å²) in [5.41, 5.74) is 0. The second-order valence-corrected chi connectivity index (χ2v) is 6.67. The summed E-state index contributed by atoms with van der Waals surface area (Å²) >= 11 is 0. The molecule has 2 rings (SSSR count). The molecule has 2 saturated heterocycles. The Morgan fingerprint density at radius 2 is 1.67 bits per heavy atom. The van der Waals surface area contributed by atoms with E-state index < -0.39 is 48.0 Å². The number of hydrogen-bond acceptors (Lipinski definition) is 10. The van der Waals surface area contributed by atoms with Gasteiger partial charge in [0, 0.05) is 32.4 Å². The zero-order valence-corrected chi connectivity index (χ0v) is 16.8. The SMILES string of the molecule is CCOC(=O)CNC(=O)C1C(=O)OC2(CCN(C(=O)CCC(=O)OC)CC2)OC1=O. The molecule has 0 aliphatic carbocycles. The molecular weight excluding hydrogens is 404 g/mol. The number of amides is 2. The average Bonchev–Trinajstić information content (AvgIpc) is 2.70. The Labute approximate surface area is 172 Å². The first-order valence-electron chi connectivity index (χ1n) is 9.45. The topological polar surface area (TPSA) is 155 Å². The van der Waals surface area contributed by atoms with Crippen LogP contribution in [0.25, 0.3) is 0 Å². The largest absolute Gasteiger partial charge is 0.469 e. The highest BCUT2D eigenvalue weighted by atomic mass is 16.7. The molecule has 0 aromatic carbocycles. The summed E-state index contributed by atoms with van der Waals surface area (Å²) in [5, 5.41) is 2.13. The first kappa shape index (κ1) is 23.1.